The molecule has 2 heterocycles. The average molecular weight is 221 g/mol. The number of aryl methyl sites for hydroxylation is 1. The van der Waals surface area contributed by atoms with Gasteiger partial charge in [0.2, 0.25) is 0 Å². The third-order valence-electron chi connectivity index (χ3n) is 2.71. The number of hydrogen-bond donors (Lipinski definition) is 2. The first kappa shape index (κ1) is 11.0. The summed E-state index contributed by atoms with van der Waals surface area (Å²) in [5.74, 6) is 0.522. The second-order valence-corrected chi connectivity index (χ2v) is 5.28. The van der Waals surface area contributed by atoms with Crippen LogP contribution in [0.2, 0.25) is 0 Å². The lowest BCUT2D eigenvalue weighted by Crippen LogP contribution is -2.30. The molecule has 16 heavy (non-hydrogen) atoms. The number of nitrogens with one attached hydrogen (secondary N) is 1. The first-order valence-corrected chi connectivity index (χ1v) is 5.48. The maximum atomic E-state index is 5.64. The van der Waals surface area contributed by atoms with E-state index in [1.165, 1.54) is 5.56 Å². The van der Waals surface area contributed by atoms with Crippen molar-refractivity contribution in [3.05, 3.63) is 17.5 Å². The summed E-state index contributed by atoms with van der Waals surface area (Å²) in [5, 5.41) is 7.71. The van der Waals surface area contributed by atoms with Gasteiger partial charge in [0, 0.05) is 24.2 Å². The molecule has 1 aromatic rings. The summed E-state index contributed by atoms with van der Waals surface area (Å²) < 4.78 is 1.85. The molecular weight excluding hydrogens is 202 g/mol. The van der Waals surface area contributed by atoms with E-state index >= 15 is 0 Å². The SMILES string of the molecule is Cn1cc(C2CN=C(N)N2)c(C(C)(C)C)n1. The monoisotopic (exact) mass is 221 g/mol. The summed E-state index contributed by atoms with van der Waals surface area (Å²) in [7, 11) is 1.94. The topological polar surface area (TPSA) is 68.2 Å². The molecule has 0 fully saturated rings. The molecule has 88 valence electrons. The van der Waals surface area contributed by atoms with Crippen LogP contribution in [0.1, 0.15) is 38.1 Å². The fourth-order valence-corrected chi connectivity index (χ4v) is 1.98. The molecule has 0 saturated heterocycles. The van der Waals surface area contributed by atoms with E-state index in [1.54, 1.807) is 0 Å². The largest absolute Gasteiger partial charge is 0.370 e. The quantitative estimate of drug-likeness (QED) is 0.732. The van der Waals surface area contributed by atoms with Gasteiger partial charge in [-0.25, -0.2) is 0 Å². The van der Waals surface area contributed by atoms with E-state index < -0.39 is 0 Å². The Bertz CT molecular complexity index is 424. The predicted octanol–water partition coefficient (Wildman–Crippen LogP) is 0.677. The lowest BCUT2D eigenvalue weighted by molar-refractivity contribution is 0.539. The Morgan fingerprint density at radius 3 is 2.69 bits per heavy atom. The average Bonchev–Trinajstić information content (AvgIpc) is 2.70. The normalized spacial score (nSPS) is 20.8. The molecule has 1 aromatic heterocycles. The van der Waals surface area contributed by atoms with Crippen molar-refractivity contribution in [2.24, 2.45) is 17.8 Å². The lowest BCUT2D eigenvalue weighted by atomic mass is 9.87. The smallest absolute Gasteiger partial charge is 0.189 e. The van der Waals surface area contributed by atoms with E-state index in [-0.39, 0.29) is 11.5 Å². The van der Waals surface area contributed by atoms with Gasteiger partial charge in [0.1, 0.15) is 0 Å². The Kier molecular flexibility index (Phi) is 2.40. The van der Waals surface area contributed by atoms with Crippen molar-refractivity contribution >= 4 is 5.96 Å². The molecule has 3 N–H and O–H groups in total. The first-order chi connectivity index (χ1) is 7.38. The lowest BCUT2D eigenvalue weighted by Gasteiger charge is -2.20. The molecule has 1 aliphatic rings. The van der Waals surface area contributed by atoms with Gasteiger partial charge in [0.25, 0.3) is 0 Å². The Labute approximate surface area is 95.7 Å². The van der Waals surface area contributed by atoms with Gasteiger partial charge in [-0.1, -0.05) is 20.8 Å². The van der Waals surface area contributed by atoms with Gasteiger partial charge < -0.3 is 11.1 Å². The Balaban J connectivity index is 2.34. The summed E-state index contributed by atoms with van der Waals surface area (Å²) in [6.45, 7) is 7.19. The number of aliphatic imine (C=N–C) groups is 1. The van der Waals surface area contributed by atoms with Crippen molar-refractivity contribution < 1.29 is 0 Å². The second kappa shape index (κ2) is 3.50. The second-order valence-electron chi connectivity index (χ2n) is 5.28. The van der Waals surface area contributed by atoms with Crippen molar-refractivity contribution in [2.75, 3.05) is 6.54 Å². The first-order valence-electron chi connectivity index (χ1n) is 5.48. The molecule has 5 nitrogen and oxygen atoms in total. The Morgan fingerprint density at radius 2 is 2.19 bits per heavy atom. The molecule has 0 aromatic carbocycles. The van der Waals surface area contributed by atoms with Crippen LogP contribution in [0, 0.1) is 0 Å². The summed E-state index contributed by atoms with van der Waals surface area (Å²) in [5.41, 5.74) is 7.98. The number of nitrogens with zero attached hydrogens (tertiary/aromatic N) is 3. The van der Waals surface area contributed by atoms with E-state index in [9.17, 15) is 0 Å². The zero-order valence-corrected chi connectivity index (χ0v) is 10.3. The van der Waals surface area contributed by atoms with Crippen LogP contribution >= 0.6 is 0 Å². The summed E-state index contributed by atoms with van der Waals surface area (Å²) in [4.78, 5) is 4.17. The van der Waals surface area contributed by atoms with Crippen LogP contribution in [0.15, 0.2) is 11.2 Å². The van der Waals surface area contributed by atoms with Crippen LogP contribution < -0.4 is 11.1 Å². The van der Waals surface area contributed by atoms with Gasteiger partial charge in [0.15, 0.2) is 5.96 Å². The number of hydrogen-bond acceptors (Lipinski definition) is 4. The van der Waals surface area contributed by atoms with Crippen LogP contribution in [0.25, 0.3) is 0 Å². The minimum absolute atomic E-state index is 0.0373. The molecule has 0 aliphatic carbocycles. The minimum Gasteiger partial charge on any atom is -0.370 e. The molecule has 1 atom stereocenters. The molecule has 0 radical (unpaired) electrons. The van der Waals surface area contributed by atoms with Crippen LogP contribution in [-0.2, 0) is 12.5 Å². The number of rotatable bonds is 1. The predicted molar refractivity (Wildman–Crippen MR) is 64.3 cm³/mol. The van der Waals surface area contributed by atoms with Crippen molar-refractivity contribution in [2.45, 2.75) is 32.2 Å². The standard InChI is InChI=1S/C11H19N5/c1-11(2,3)9-7(6-16(4)15-9)8-5-13-10(12)14-8/h6,8H,5H2,1-4H3,(H3,12,13,14). The highest BCUT2D eigenvalue weighted by molar-refractivity contribution is 5.80. The molecule has 2 rings (SSSR count). The summed E-state index contributed by atoms with van der Waals surface area (Å²) in [6.07, 6.45) is 2.05. The summed E-state index contributed by atoms with van der Waals surface area (Å²) in [6, 6.07) is 0.169. The minimum atomic E-state index is 0.0373. The van der Waals surface area contributed by atoms with Crippen LogP contribution in [0.5, 0.6) is 0 Å². The maximum Gasteiger partial charge on any atom is 0.189 e. The number of nitrogens with two attached hydrogens (primary N) is 1. The highest BCUT2D eigenvalue weighted by Gasteiger charge is 2.28. The van der Waals surface area contributed by atoms with Gasteiger partial charge in [-0.2, -0.15) is 5.10 Å². The van der Waals surface area contributed by atoms with Gasteiger partial charge in [0.05, 0.1) is 18.3 Å². The van der Waals surface area contributed by atoms with E-state index in [0.717, 1.165) is 5.69 Å². The van der Waals surface area contributed by atoms with E-state index in [1.807, 2.05) is 17.9 Å². The molecule has 1 aliphatic heterocycles. The zero-order chi connectivity index (χ0) is 11.9. The third kappa shape index (κ3) is 1.89. The van der Waals surface area contributed by atoms with Crippen molar-refractivity contribution in [3.8, 4) is 0 Å². The van der Waals surface area contributed by atoms with Gasteiger partial charge in [-0.15, -0.1) is 0 Å². The molecule has 0 bridgehead atoms. The fourth-order valence-electron chi connectivity index (χ4n) is 1.98. The third-order valence-corrected chi connectivity index (χ3v) is 2.71. The van der Waals surface area contributed by atoms with Crippen LogP contribution in [-0.4, -0.2) is 22.3 Å². The zero-order valence-electron chi connectivity index (χ0n) is 10.3. The van der Waals surface area contributed by atoms with Gasteiger partial charge >= 0.3 is 0 Å². The van der Waals surface area contributed by atoms with Crippen molar-refractivity contribution in [3.63, 3.8) is 0 Å². The highest BCUT2D eigenvalue weighted by atomic mass is 15.3. The molecule has 0 amide bonds. The molecular formula is C11H19N5. The Hall–Kier alpha value is -1.52. The fraction of sp³-hybridized carbons (Fsp3) is 0.636. The summed E-state index contributed by atoms with van der Waals surface area (Å²) >= 11 is 0. The highest BCUT2D eigenvalue weighted by Crippen LogP contribution is 2.29. The van der Waals surface area contributed by atoms with Crippen LogP contribution in [0.4, 0.5) is 0 Å². The number of aromatic nitrogens is 2. The molecule has 0 saturated carbocycles. The maximum absolute atomic E-state index is 5.64. The van der Waals surface area contributed by atoms with E-state index in [4.69, 9.17) is 5.73 Å². The number of guanidine groups is 1. The van der Waals surface area contributed by atoms with Crippen molar-refractivity contribution in [1.82, 2.24) is 15.1 Å². The van der Waals surface area contributed by atoms with E-state index in [0.29, 0.717) is 12.5 Å². The Morgan fingerprint density at radius 1 is 1.50 bits per heavy atom. The van der Waals surface area contributed by atoms with Crippen LogP contribution in [0.3, 0.4) is 0 Å². The molecule has 5 heteroatoms. The van der Waals surface area contributed by atoms with E-state index in [2.05, 4.69) is 36.2 Å². The van der Waals surface area contributed by atoms with Crippen molar-refractivity contribution in [1.29, 1.82) is 0 Å². The molecule has 1 unspecified atom stereocenters. The molecule has 0 spiro atoms. The van der Waals surface area contributed by atoms with Gasteiger partial charge in [-0.05, 0) is 0 Å². The van der Waals surface area contributed by atoms with Gasteiger partial charge in [-0.3, -0.25) is 9.67 Å².